The van der Waals surface area contributed by atoms with Gasteiger partial charge in [-0.25, -0.2) is 4.79 Å². The first-order valence-electron chi connectivity index (χ1n) is 7.19. The molecule has 0 bridgehead atoms. The van der Waals surface area contributed by atoms with Crippen molar-refractivity contribution in [3.8, 4) is 5.75 Å². The van der Waals surface area contributed by atoms with Crippen LogP contribution in [0.1, 0.15) is 12.0 Å². The van der Waals surface area contributed by atoms with Crippen molar-refractivity contribution in [2.75, 3.05) is 25.1 Å². The van der Waals surface area contributed by atoms with E-state index in [-0.39, 0.29) is 17.8 Å². The zero-order chi connectivity index (χ0) is 15.9. The maximum Gasteiger partial charge on any atom is 0.387 e. The van der Waals surface area contributed by atoms with Crippen LogP contribution in [0.15, 0.2) is 24.3 Å². The Morgan fingerprint density at radius 1 is 1.50 bits per heavy atom. The normalized spacial score (nSPS) is 17.5. The molecule has 7 heteroatoms. The van der Waals surface area contributed by atoms with Gasteiger partial charge in [0.05, 0.1) is 0 Å². The third-order valence-corrected chi connectivity index (χ3v) is 4.78. The van der Waals surface area contributed by atoms with Crippen LogP contribution in [0.4, 0.5) is 13.6 Å². The maximum atomic E-state index is 12.3. The first-order valence-corrected chi connectivity index (χ1v) is 8.34. The molecule has 1 aromatic carbocycles. The van der Waals surface area contributed by atoms with Gasteiger partial charge in [0.25, 0.3) is 0 Å². The number of nitrogens with one attached hydrogen (secondary N) is 1. The second-order valence-electron chi connectivity index (χ2n) is 5.10. The average molecular weight is 330 g/mol. The van der Waals surface area contributed by atoms with E-state index in [1.807, 2.05) is 11.8 Å². The lowest BCUT2D eigenvalue weighted by molar-refractivity contribution is -0.0504. The van der Waals surface area contributed by atoms with Crippen LogP contribution in [0.2, 0.25) is 0 Å². The van der Waals surface area contributed by atoms with Crippen molar-refractivity contribution in [3.63, 3.8) is 0 Å². The van der Waals surface area contributed by atoms with E-state index in [0.717, 1.165) is 17.9 Å². The van der Waals surface area contributed by atoms with Gasteiger partial charge >= 0.3 is 12.6 Å². The molecule has 1 aliphatic rings. The number of carbonyl (C=O) groups is 1. The number of nitrogens with zero attached hydrogens (tertiary/aromatic N) is 1. The Morgan fingerprint density at radius 3 is 2.95 bits per heavy atom. The van der Waals surface area contributed by atoms with Crippen LogP contribution in [-0.4, -0.2) is 48.7 Å². The lowest BCUT2D eigenvalue weighted by Crippen LogP contribution is -2.44. The number of para-hydroxylation sites is 1. The lowest BCUT2D eigenvalue weighted by atomic mass is 10.1. The lowest BCUT2D eigenvalue weighted by Gasteiger charge is -2.24. The first-order chi connectivity index (χ1) is 10.6. The van der Waals surface area contributed by atoms with Crippen molar-refractivity contribution in [2.24, 2.45) is 0 Å². The van der Waals surface area contributed by atoms with Gasteiger partial charge in [0.2, 0.25) is 0 Å². The van der Waals surface area contributed by atoms with Crippen LogP contribution in [0.3, 0.4) is 0 Å². The molecule has 2 amide bonds. The fraction of sp³-hybridized carbons (Fsp3) is 0.533. The van der Waals surface area contributed by atoms with Crippen molar-refractivity contribution in [1.29, 1.82) is 0 Å². The Hall–Kier alpha value is -1.50. The number of hydrogen-bond acceptors (Lipinski definition) is 3. The smallest absolute Gasteiger partial charge is 0.387 e. The van der Waals surface area contributed by atoms with Crippen molar-refractivity contribution in [2.45, 2.75) is 25.5 Å². The molecule has 4 nitrogen and oxygen atoms in total. The third kappa shape index (κ3) is 4.76. The minimum Gasteiger partial charge on any atom is -0.435 e. The maximum absolute atomic E-state index is 12.3. The summed E-state index contributed by atoms with van der Waals surface area (Å²) in [6.45, 7) is -2.46. The molecule has 22 heavy (non-hydrogen) atoms. The predicted octanol–water partition coefficient (Wildman–Crippen LogP) is 2.98. The molecule has 1 saturated heterocycles. The van der Waals surface area contributed by atoms with Crippen LogP contribution in [0.5, 0.6) is 5.75 Å². The number of halogens is 2. The summed E-state index contributed by atoms with van der Waals surface area (Å²) >= 11 is 1.85. The molecule has 2 rings (SSSR count). The standard InChI is InChI=1S/C15H20F2N2O2S/c1-19(12-7-9-22-10-12)15(20)18-8-6-11-4-2-3-5-13(11)21-14(16)17/h2-5,12,14H,6-10H2,1H3,(H,18,20)/t12-/m1/s1. The second-order valence-corrected chi connectivity index (χ2v) is 6.25. The van der Waals surface area contributed by atoms with Gasteiger partial charge in [-0.05, 0) is 30.2 Å². The highest BCUT2D eigenvalue weighted by atomic mass is 32.2. The Labute approximate surface area is 133 Å². The van der Waals surface area contributed by atoms with Gasteiger partial charge in [0, 0.05) is 25.4 Å². The molecule has 0 aliphatic carbocycles. The van der Waals surface area contributed by atoms with E-state index < -0.39 is 6.61 Å². The Bertz CT molecular complexity index is 496. The fourth-order valence-electron chi connectivity index (χ4n) is 2.34. The number of hydrogen-bond donors (Lipinski definition) is 1. The summed E-state index contributed by atoms with van der Waals surface area (Å²) in [5.74, 6) is 2.21. The highest BCUT2D eigenvalue weighted by Crippen LogP contribution is 2.22. The summed E-state index contributed by atoms with van der Waals surface area (Å²) in [7, 11) is 1.79. The monoisotopic (exact) mass is 330 g/mol. The molecular weight excluding hydrogens is 310 g/mol. The molecule has 0 unspecified atom stereocenters. The van der Waals surface area contributed by atoms with Gasteiger partial charge < -0.3 is 15.0 Å². The largest absolute Gasteiger partial charge is 0.435 e. The second kappa shape index (κ2) is 8.22. The van der Waals surface area contributed by atoms with E-state index in [1.54, 1.807) is 30.1 Å². The highest BCUT2D eigenvalue weighted by molar-refractivity contribution is 7.99. The minimum absolute atomic E-state index is 0.125. The molecule has 122 valence electrons. The molecule has 0 radical (unpaired) electrons. The van der Waals surface area contributed by atoms with E-state index in [2.05, 4.69) is 10.1 Å². The summed E-state index contributed by atoms with van der Waals surface area (Å²) in [6.07, 6.45) is 1.46. The van der Waals surface area contributed by atoms with Gasteiger partial charge in [0.15, 0.2) is 0 Å². The van der Waals surface area contributed by atoms with Crippen molar-refractivity contribution >= 4 is 17.8 Å². The third-order valence-electron chi connectivity index (χ3n) is 3.63. The number of rotatable bonds is 6. The molecule has 1 aliphatic heterocycles. The van der Waals surface area contributed by atoms with E-state index in [1.165, 1.54) is 6.07 Å². The van der Waals surface area contributed by atoms with Crippen molar-refractivity contribution in [1.82, 2.24) is 10.2 Å². The SMILES string of the molecule is CN(C(=O)NCCc1ccccc1OC(F)F)[C@@H]1CCSC1. The topological polar surface area (TPSA) is 41.6 Å². The molecule has 1 atom stereocenters. The first kappa shape index (κ1) is 16.9. The van der Waals surface area contributed by atoms with Gasteiger partial charge in [-0.2, -0.15) is 20.5 Å². The number of ether oxygens (including phenoxy) is 1. The molecular formula is C15H20F2N2O2S. The van der Waals surface area contributed by atoms with Gasteiger partial charge in [-0.3, -0.25) is 0 Å². The Morgan fingerprint density at radius 2 is 2.27 bits per heavy atom. The highest BCUT2D eigenvalue weighted by Gasteiger charge is 2.23. The van der Waals surface area contributed by atoms with Crippen LogP contribution < -0.4 is 10.1 Å². The summed E-state index contributed by atoms with van der Waals surface area (Å²) in [4.78, 5) is 13.8. The molecule has 0 saturated carbocycles. The number of alkyl halides is 2. The predicted molar refractivity (Wildman–Crippen MR) is 83.7 cm³/mol. The molecule has 1 N–H and O–H groups in total. The Balaban J connectivity index is 1.81. The van der Waals surface area contributed by atoms with Gasteiger partial charge in [0.1, 0.15) is 5.75 Å². The van der Waals surface area contributed by atoms with Gasteiger partial charge in [-0.1, -0.05) is 18.2 Å². The van der Waals surface area contributed by atoms with E-state index in [9.17, 15) is 13.6 Å². The number of carbonyl (C=O) groups excluding carboxylic acids is 1. The summed E-state index contributed by atoms with van der Waals surface area (Å²) < 4.78 is 29.1. The quantitative estimate of drug-likeness (QED) is 0.872. The number of urea groups is 1. The van der Waals surface area contributed by atoms with Crippen LogP contribution in [0.25, 0.3) is 0 Å². The van der Waals surface area contributed by atoms with Crippen LogP contribution in [0, 0.1) is 0 Å². The average Bonchev–Trinajstić information content (AvgIpc) is 3.01. The van der Waals surface area contributed by atoms with Crippen LogP contribution >= 0.6 is 11.8 Å². The molecule has 0 aromatic heterocycles. The number of amides is 2. The van der Waals surface area contributed by atoms with Crippen LogP contribution in [-0.2, 0) is 6.42 Å². The molecule has 1 heterocycles. The summed E-state index contributed by atoms with van der Waals surface area (Å²) in [5, 5.41) is 2.82. The zero-order valence-corrected chi connectivity index (χ0v) is 13.2. The van der Waals surface area contributed by atoms with Crippen molar-refractivity contribution in [3.05, 3.63) is 29.8 Å². The number of thioether (sulfide) groups is 1. The summed E-state index contributed by atoms with van der Waals surface area (Å²) in [5.41, 5.74) is 0.655. The van der Waals surface area contributed by atoms with E-state index in [4.69, 9.17) is 0 Å². The molecule has 1 aromatic rings. The van der Waals surface area contributed by atoms with E-state index in [0.29, 0.717) is 18.5 Å². The zero-order valence-electron chi connectivity index (χ0n) is 12.4. The van der Waals surface area contributed by atoms with E-state index >= 15 is 0 Å². The molecule has 1 fully saturated rings. The minimum atomic E-state index is -2.85. The van der Waals surface area contributed by atoms with Crippen molar-refractivity contribution < 1.29 is 18.3 Å². The fourth-order valence-corrected chi connectivity index (χ4v) is 3.61. The molecule has 0 spiro atoms. The summed E-state index contributed by atoms with van der Waals surface area (Å²) in [6, 6.07) is 6.79. The van der Waals surface area contributed by atoms with Gasteiger partial charge in [-0.15, -0.1) is 0 Å². The number of benzene rings is 1. The Kier molecular flexibility index (Phi) is 6.30.